The van der Waals surface area contributed by atoms with Crippen LogP contribution in [0.25, 0.3) is 0 Å². The molecule has 0 aromatic carbocycles. The number of nitrogens with one attached hydrogen (secondary N) is 1. The molecule has 1 saturated heterocycles. The number of carbonyl (C=O) groups excluding carboxylic acids is 1. The van der Waals surface area contributed by atoms with E-state index in [2.05, 4.69) is 12.2 Å². The summed E-state index contributed by atoms with van der Waals surface area (Å²) < 4.78 is 0. The van der Waals surface area contributed by atoms with Crippen LogP contribution in [0.5, 0.6) is 0 Å². The Hall–Kier alpha value is -0.370. The van der Waals surface area contributed by atoms with Crippen molar-refractivity contribution >= 4 is 5.78 Å². The van der Waals surface area contributed by atoms with Gasteiger partial charge in [0, 0.05) is 12.3 Å². The lowest BCUT2D eigenvalue weighted by Gasteiger charge is -2.31. The molecule has 1 unspecified atom stereocenters. The Balaban J connectivity index is 1.67. The predicted octanol–water partition coefficient (Wildman–Crippen LogP) is 1.60. The van der Waals surface area contributed by atoms with E-state index in [1.54, 1.807) is 0 Å². The van der Waals surface area contributed by atoms with Crippen molar-refractivity contribution in [2.45, 2.75) is 32.6 Å². The van der Waals surface area contributed by atoms with Gasteiger partial charge in [-0.1, -0.05) is 19.8 Å². The van der Waals surface area contributed by atoms with Crippen molar-refractivity contribution in [1.29, 1.82) is 0 Å². The molecule has 1 N–H and O–H groups in total. The predicted molar refractivity (Wildman–Crippen MR) is 52.5 cm³/mol. The molecular weight excluding hydrogens is 162 g/mol. The van der Waals surface area contributed by atoms with Crippen molar-refractivity contribution in [2.24, 2.45) is 17.8 Å². The Morgan fingerprint density at radius 2 is 2.15 bits per heavy atom. The number of carbonyl (C=O) groups is 1. The van der Waals surface area contributed by atoms with E-state index < -0.39 is 0 Å². The molecule has 2 rings (SSSR count). The van der Waals surface area contributed by atoms with Gasteiger partial charge in [0.2, 0.25) is 0 Å². The van der Waals surface area contributed by atoms with E-state index in [9.17, 15) is 4.79 Å². The Kier molecular flexibility index (Phi) is 2.68. The van der Waals surface area contributed by atoms with Gasteiger partial charge in [-0.3, -0.25) is 4.79 Å². The highest BCUT2D eigenvalue weighted by Crippen LogP contribution is 2.34. The third-order valence-electron chi connectivity index (χ3n) is 3.52. The Morgan fingerprint density at radius 1 is 1.46 bits per heavy atom. The highest BCUT2D eigenvalue weighted by atomic mass is 16.1. The van der Waals surface area contributed by atoms with Crippen LogP contribution in [0.2, 0.25) is 0 Å². The van der Waals surface area contributed by atoms with Crippen LogP contribution in [0.1, 0.15) is 32.6 Å². The van der Waals surface area contributed by atoms with E-state index in [1.807, 2.05) is 0 Å². The molecule has 1 saturated carbocycles. The summed E-state index contributed by atoms with van der Waals surface area (Å²) in [6, 6.07) is 0. The summed E-state index contributed by atoms with van der Waals surface area (Å²) in [4.78, 5) is 11.7. The summed E-state index contributed by atoms with van der Waals surface area (Å²) in [7, 11) is 0. The molecule has 0 aromatic rings. The number of ketones is 1. The summed E-state index contributed by atoms with van der Waals surface area (Å²) >= 11 is 0. The largest absolute Gasteiger partial charge is 0.316 e. The number of rotatable bonds is 5. The van der Waals surface area contributed by atoms with Crippen LogP contribution in [-0.4, -0.2) is 18.9 Å². The normalized spacial score (nSPS) is 25.3. The highest BCUT2D eigenvalue weighted by molar-refractivity contribution is 5.81. The first-order valence-electron chi connectivity index (χ1n) is 5.51. The first-order chi connectivity index (χ1) is 6.27. The van der Waals surface area contributed by atoms with Crippen molar-refractivity contribution in [2.75, 3.05) is 13.1 Å². The maximum atomic E-state index is 11.7. The minimum Gasteiger partial charge on any atom is -0.316 e. The van der Waals surface area contributed by atoms with Gasteiger partial charge in [-0.2, -0.15) is 0 Å². The van der Waals surface area contributed by atoms with E-state index in [1.165, 1.54) is 12.8 Å². The first-order valence-corrected chi connectivity index (χ1v) is 5.51. The lowest BCUT2D eigenvalue weighted by Crippen LogP contribution is -2.47. The van der Waals surface area contributed by atoms with Gasteiger partial charge in [-0.25, -0.2) is 0 Å². The minimum atomic E-state index is 0.306. The van der Waals surface area contributed by atoms with Crippen LogP contribution in [0.15, 0.2) is 0 Å². The Bertz CT molecular complexity index is 194. The summed E-state index contributed by atoms with van der Waals surface area (Å²) in [5, 5.41) is 3.22. The Morgan fingerprint density at radius 3 is 2.62 bits per heavy atom. The van der Waals surface area contributed by atoms with Crippen molar-refractivity contribution < 1.29 is 4.79 Å². The number of Topliss-reactive ketones (excluding diaryl/α,β-unsaturated/α-hetero) is 1. The van der Waals surface area contributed by atoms with Crippen molar-refractivity contribution in [3.63, 3.8) is 0 Å². The van der Waals surface area contributed by atoms with Crippen molar-refractivity contribution in [1.82, 2.24) is 5.32 Å². The van der Waals surface area contributed by atoms with Gasteiger partial charge >= 0.3 is 0 Å². The van der Waals surface area contributed by atoms with Crippen LogP contribution in [0.4, 0.5) is 0 Å². The third-order valence-corrected chi connectivity index (χ3v) is 3.52. The average molecular weight is 181 g/mol. The molecule has 0 amide bonds. The third kappa shape index (κ3) is 2.31. The standard InChI is InChI=1S/C11H19NO/c1-8(10-6-12-7-10)11(13)5-4-9-2-3-9/h8-10,12H,2-7H2,1H3. The molecule has 2 nitrogen and oxygen atoms in total. The molecule has 0 radical (unpaired) electrons. The second kappa shape index (κ2) is 3.79. The SMILES string of the molecule is CC(C(=O)CCC1CC1)C1CNC1. The lowest BCUT2D eigenvalue weighted by atomic mass is 9.84. The zero-order valence-corrected chi connectivity index (χ0v) is 8.38. The monoisotopic (exact) mass is 181 g/mol. The zero-order chi connectivity index (χ0) is 9.26. The van der Waals surface area contributed by atoms with Gasteiger partial charge < -0.3 is 5.32 Å². The molecule has 1 heterocycles. The van der Waals surface area contributed by atoms with Gasteiger partial charge in [-0.15, -0.1) is 0 Å². The van der Waals surface area contributed by atoms with E-state index in [4.69, 9.17) is 0 Å². The molecule has 2 aliphatic rings. The van der Waals surface area contributed by atoms with E-state index in [0.29, 0.717) is 17.6 Å². The Labute approximate surface area is 80.1 Å². The van der Waals surface area contributed by atoms with Crippen molar-refractivity contribution in [3.05, 3.63) is 0 Å². The van der Waals surface area contributed by atoms with Gasteiger partial charge in [0.05, 0.1) is 0 Å². The smallest absolute Gasteiger partial charge is 0.136 e. The molecule has 74 valence electrons. The zero-order valence-electron chi connectivity index (χ0n) is 8.38. The topological polar surface area (TPSA) is 29.1 Å². The molecule has 1 aliphatic carbocycles. The number of hydrogen-bond acceptors (Lipinski definition) is 2. The lowest BCUT2D eigenvalue weighted by molar-refractivity contribution is -0.124. The van der Waals surface area contributed by atoms with Gasteiger partial charge in [-0.05, 0) is 31.3 Å². The van der Waals surface area contributed by atoms with Crippen LogP contribution in [0, 0.1) is 17.8 Å². The second-order valence-electron chi connectivity index (χ2n) is 4.66. The minimum absolute atomic E-state index is 0.306. The average Bonchev–Trinajstić information content (AvgIpc) is 2.79. The summed E-state index contributed by atoms with van der Waals surface area (Å²) in [6.07, 6.45) is 4.73. The fourth-order valence-electron chi connectivity index (χ4n) is 1.91. The maximum Gasteiger partial charge on any atom is 0.136 e. The maximum absolute atomic E-state index is 11.7. The molecule has 2 fully saturated rings. The van der Waals surface area contributed by atoms with Gasteiger partial charge in [0.15, 0.2) is 0 Å². The summed E-state index contributed by atoms with van der Waals surface area (Å²) in [6.45, 7) is 4.20. The van der Waals surface area contributed by atoms with E-state index >= 15 is 0 Å². The van der Waals surface area contributed by atoms with Crippen LogP contribution in [0.3, 0.4) is 0 Å². The van der Waals surface area contributed by atoms with E-state index in [-0.39, 0.29) is 0 Å². The first kappa shape index (κ1) is 9.20. The molecular formula is C11H19NO. The van der Waals surface area contributed by atoms with Crippen LogP contribution >= 0.6 is 0 Å². The molecule has 13 heavy (non-hydrogen) atoms. The van der Waals surface area contributed by atoms with Crippen molar-refractivity contribution in [3.8, 4) is 0 Å². The van der Waals surface area contributed by atoms with E-state index in [0.717, 1.165) is 31.8 Å². The summed E-state index contributed by atoms with van der Waals surface area (Å²) in [5.74, 6) is 2.33. The molecule has 1 atom stereocenters. The highest BCUT2D eigenvalue weighted by Gasteiger charge is 2.29. The van der Waals surface area contributed by atoms with Crippen LogP contribution < -0.4 is 5.32 Å². The molecule has 0 aromatic heterocycles. The van der Waals surface area contributed by atoms with Gasteiger partial charge in [0.25, 0.3) is 0 Å². The fourth-order valence-corrected chi connectivity index (χ4v) is 1.91. The van der Waals surface area contributed by atoms with Gasteiger partial charge in [0.1, 0.15) is 5.78 Å². The number of hydrogen-bond donors (Lipinski definition) is 1. The molecule has 2 heteroatoms. The second-order valence-corrected chi connectivity index (χ2v) is 4.66. The summed E-state index contributed by atoms with van der Waals surface area (Å²) in [5.41, 5.74) is 0. The molecule has 1 aliphatic heterocycles. The molecule has 0 spiro atoms. The fraction of sp³-hybridized carbons (Fsp3) is 0.909. The molecule has 0 bridgehead atoms. The van der Waals surface area contributed by atoms with Crippen LogP contribution in [-0.2, 0) is 4.79 Å². The quantitative estimate of drug-likeness (QED) is 0.698.